The summed E-state index contributed by atoms with van der Waals surface area (Å²) in [6, 6.07) is 4.61. The van der Waals surface area contributed by atoms with Crippen molar-refractivity contribution in [1.29, 1.82) is 0 Å². The van der Waals surface area contributed by atoms with Crippen molar-refractivity contribution in [2.45, 2.75) is 31.8 Å². The molecule has 0 aliphatic carbocycles. The minimum Gasteiger partial charge on any atom is -0.291 e. The van der Waals surface area contributed by atoms with E-state index in [1.165, 1.54) is 12.1 Å². The molecule has 3 N–H and O–H groups in total. The molecule has 6 amide bonds. The second-order valence-corrected chi connectivity index (χ2v) is 8.35. The lowest BCUT2D eigenvalue weighted by atomic mass is 9.77. The van der Waals surface area contributed by atoms with Gasteiger partial charge >= 0.3 is 6.03 Å². The molecule has 3 saturated heterocycles. The molecule has 0 saturated carbocycles. The molecule has 3 fully saturated rings. The fourth-order valence-corrected chi connectivity index (χ4v) is 4.66. The summed E-state index contributed by atoms with van der Waals surface area (Å²) < 4.78 is 0. The van der Waals surface area contributed by atoms with Gasteiger partial charge in [0.2, 0.25) is 11.8 Å². The Morgan fingerprint density at radius 3 is 2.14 bits per heavy atom. The van der Waals surface area contributed by atoms with Gasteiger partial charge in [0.1, 0.15) is 0 Å². The molecule has 4 rings (SSSR count). The number of benzene rings is 1. The zero-order valence-electron chi connectivity index (χ0n) is 15.7. The number of nitrogens with one attached hydrogen (secondary N) is 3. The maximum atomic E-state index is 13.3. The Bertz CT molecular complexity index is 924. The fourth-order valence-electron chi connectivity index (χ4n) is 4.53. The Hall–Kier alpha value is -2.78. The molecule has 152 valence electrons. The van der Waals surface area contributed by atoms with Crippen LogP contribution in [0.15, 0.2) is 24.3 Å². The van der Waals surface area contributed by atoms with Crippen LogP contribution in [0.25, 0.3) is 0 Å². The number of carbonyl (C=O) groups excluding carboxylic acids is 5. The van der Waals surface area contributed by atoms with Gasteiger partial charge in [0.05, 0.1) is 17.5 Å². The molecule has 29 heavy (non-hydrogen) atoms. The normalized spacial score (nSPS) is 28.2. The van der Waals surface area contributed by atoms with Crippen LogP contribution in [-0.2, 0) is 19.2 Å². The molecule has 10 heteroatoms. The van der Waals surface area contributed by atoms with E-state index in [1.54, 1.807) is 12.1 Å². The van der Waals surface area contributed by atoms with Crippen molar-refractivity contribution in [1.82, 2.24) is 16.0 Å². The molecule has 1 spiro atoms. The molecule has 0 radical (unpaired) electrons. The average Bonchev–Trinajstić information content (AvgIpc) is 3.09. The maximum absolute atomic E-state index is 13.3. The Kier molecular flexibility index (Phi) is 4.47. The number of anilines is 1. The van der Waals surface area contributed by atoms with Crippen LogP contribution in [0.2, 0.25) is 5.02 Å². The number of barbiturate groups is 1. The summed E-state index contributed by atoms with van der Waals surface area (Å²) in [5, 5.41) is 7.48. The Labute approximate surface area is 171 Å². The van der Waals surface area contributed by atoms with E-state index in [-0.39, 0.29) is 5.92 Å². The van der Waals surface area contributed by atoms with Crippen LogP contribution in [0.1, 0.15) is 20.3 Å². The number of amides is 6. The number of rotatable bonds is 3. The van der Waals surface area contributed by atoms with Gasteiger partial charge < -0.3 is 0 Å². The quantitative estimate of drug-likeness (QED) is 0.487. The van der Waals surface area contributed by atoms with Crippen molar-refractivity contribution < 1.29 is 24.0 Å². The topological polar surface area (TPSA) is 125 Å². The van der Waals surface area contributed by atoms with Gasteiger partial charge in [0.25, 0.3) is 11.8 Å². The van der Waals surface area contributed by atoms with Crippen molar-refractivity contribution in [3.05, 3.63) is 29.3 Å². The summed E-state index contributed by atoms with van der Waals surface area (Å²) >= 11 is 5.90. The van der Waals surface area contributed by atoms with Crippen molar-refractivity contribution in [2.24, 2.45) is 17.8 Å². The SMILES string of the molecule is CC(C)C[C@H]1NC2(C(=O)NC(=O)NC2=O)[C@H]2C(=O)N(c3ccc(Cl)cc3)C(=O)[C@@H]12. The van der Waals surface area contributed by atoms with Gasteiger partial charge in [-0.15, -0.1) is 0 Å². The van der Waals surface area contributed by atoms with Crippen molar-refractivity contribution in [3.8, 4) is 0 Å². The number of hydrogen-bond acceptors (Lipinski definition) is 6. The van der Waals surface area contributed by atoms with Gasteiger partial charge in [0, 0.05) is 11.1 Å². The molecular weight excluding hydrogens is 400 g/mol. The third-order valence-corrected chi connectivity index (χ3v) is 5.90. The summed E-state index contributed by atoms with van der Waals surface area (Å²) in [4.78, 5) is 64.8. The number of carbonyl (C=O) groups is 5. The highest BCUT2D eigenvalue weighted by atomic mass is 35.5. The number of imide groups is 3. The minimum absolute atomic E-state index is 0.132. The molecular formula is C19H19ClN4O5. The highest BCUT2D eigenvalue weighted by Crippen LogP contribution is 2.46. The molecule has 3 atom stereocenters. The molecule has 9 nitrogen and oxygen atoms in total. The van der Waals surface area contributed by atoms with E-state index in [0.29, 0.717) is 17.1 Å². The van der Waals surface area contributed by atoms with Crippen LogP contribution in [-0.4, -0.2) is 41.2 Å². The highest BCUT2D eigenvalue weighted by molar-refractivity contribution is 6.32. The van der Waals surface area contributed by atoms with Crippen molar-refractivity contribution in [3.63, 3.8) is 0 Å². The largest absolute Gasteiger partial charge is 0.328 e. The van der Waals surface area contributed by atoms with E-state index in [4.69, 9.17) is 11.6 Å². The first-order valence-electron chi connectivity index (χ1n) is 9.24. The summed E-state index contributed by atoms with van der Waals surface area (Å²) in [6.45, 7) is 3.87. The monoisotopic (exact) mass is 418 g/mol. The third kappa shape index (κ3) is 2.76. The van der Waals surface area contributed by atoms with Crippen LogP contribution in [0.3, 0.4) is 0 Å². The predicted molar refractivity (Wildman–Crippen MR) is 102 cm³/mol. The van der Waals surface area contributed by atoms with Crippen LogP contribution >= 0.6 is 11.6 Å². The van der Waals surface area contributed by atoms with E-state index in [0.717, 1.165) is 4.90 Å². The van der Waals surface area contributed by atoms with Crippen molar-refractivity contribution in [2.75, 3.05) is 4.90 Å². The second kappa shape index (κ2) is 6.64. The molecule has 0 bridgehead atoms. The summed E-state index contributed by atoms with van der Waals surface area (Å²) in [5.74, 6) is -5.05. The van der Waals surface area contributed by atoms with Gasteiger partial charge in [-0.05, 0) is 36.6 Å². The Morgan fingerprint density at radius 2 is 1.59 bits per heavy atom. The lowest BCUT2D eigenvalue weighted by molar-refractivity contribution is -0.145. The third-order valence-electron chi connectivity index (χ3n) is 5.64. The smallest absolute Gasteiger partial charge is 0.291 e. The molecule has 3 aliphatic heterocycles. The van der Waals surface area contributed by atoms with E-state index in [9.17, 15) is 24.0 Å². The maximum Gasteiger partial charge on any atom is 0.328 e. The molecule has 0 unspecified atom stereocenters. The molecule has 3 aliphatic rings. The second-order valence-electron chi connectivity index (χ2n) is 7.92. The molecule has 3 heterocycles. The van der Waals surface area contributed by atoms with Crippen LogP contribution in [0, 0.1) is 17.8 Å². The lowest BCUT2D eigenvalue weighted by Gasteiger charge is -2.34. The predicted octanol–water partition coefficient (Wildman–Crippen LogP) is 0.568. The zero-order valence-corrected chi connectivity index (χ0v) is 16.4. The van der Waals surface area contributed by atoms with E-state index in [2.05, 4.69) is 16.0 Å². The summed E-state index contributed by atoms with van der Waals surface area (Å²) in [5.41, 5.74) is -1.71. The molecule has 1 aromatic carbocycles. The van der Waals surface area contributed by atoms with E-state index in [1.807, 2.05) is 13.8 Å². The number of nitrogens with zero attached hydrogens (tertiary/aromatic N) is 1. The summed E-state index contributed by atoms with van der Waals surface area (Å²) in [7, 11) is 0. The molecule has 1 aromatic rings. The average molecular weight is 419 g/mol. The first-order chi connectivity index (χ1) is 13.7. The minimum atomic E-state index is -2.02. The Morgan fingerprint density at radius 1 is 1.00 bits per heavy atom. The summed E-state index contributed by atoms with van der Waals surface area (Å²) in [6.07, 6.45) is 0.463. The lowest BCUT2D eigenvalue weighted by Crippen LogP contribution is -2.74. The van der Waals surface area contributed by atoms with Gasteiger partial charge in [-0.2, -0.15) is 0 Å². The number of fused-ring (bicyclic) bond motifs is 2. The van der Waals surface area contributed by atoms with Crippen LogP contribution in [0.4, 0.5) is 10.5 Å². The van der Waals surface area contributed by atoms with Crippen molar-refractivity contribution >= 4 is 46.9 Å². The zero-order chi connectivity index (χ0) is 21.1. The first-order valence-corrected chi connectivity index (χ1v) is 9.62. The first kappa shape index (κ1) is 19.5. The Balaban J connectivity index is 1.82. The van der Waals surface area contributed by atoms with E-state index < -0.39 is 53.1 Å². The van der Waals surface area contributed by atoms with Gasteiger partial charge in [0.15, 0.2) is 5.54 Å². The highest BCUT2D eigenvalue weighted by Gasteiger charge is 2.72. The van der Waals surface area contributed by atoms with Crippen LogP contribution in [0.5, 0.6) is 0 Å². The standard InChI is InChI=1S/C19H19ClN4O5/c1-8(2)7-11-12-13(19(23-11)16(27)21-18(29)22-17(19)28)15(26)24(14(12)25)10-5-3-9(20)4-6-10/h3-6,8,11-13,23H,7H2,1-2H3,(H2,21,22,27,28,29)/t11-,12+,13-/m1/s1. The van der Waals surface area contributed by atoms with Gasteiger partial charge in [-0.3, -0.25) is 35.1 Å². The van der Waals surface area contributed by atoms with E-state index >= 15 is 0 Å². The number of urea groups is 1. The molecule has 0 aromatic heterocycles. The fraction of sp³-hybridized carbons (Fsp3) is 0.421. The number of hydrogen-bond donors (Lipinski definition) is 3. The van der Waals surface area contributed by atoms with Crippen LogP contribution < -0.4 is 20.9 Å². The number of halogens is 1. The van der Waals surface area contributed by atoms with Gasteiger partial charge in [-0.25, -0.2) is 9.69 Å². The van der Waals surface area contributed by atoms with Gasteiger partial charge in [-0.1, -0.05) is 25.4 Å².